The molecule has 0 saturated carbocycles. The maximum absolute atomic E-state index is 5.14. The summed E-state index contributed by atoms with van der Waals surface area (Å²) in [6.07, 6.45) is 4.35. The minimum Gasteiger partial charge on any atom is -0.497 e. The van der Waals surface area contributed by atoms with Gasteiger partial charge in [-0.15, -0.1) is 0 Å². The summed E-state index contributed by atoms with van der Waals surface area (Å²) in [7, 11) is 7.10. The first-order valence-corrected chi connectivity index (χ1v) is 9.85. The van der Waals surface area contributed by atoms with E-state index in [0.717, 1.165) is 11.5 Å². The van der Waals surface area contributed by atoms with Crippen LogP contribution in [0, 0.1) is 0 Å². The summed E-state index contributed by atoms with van der Waals surface area (Å²) in [5, 5.41) is 0. The van der Waals surface area contributed by atoms with Crippen molar-refractivity contribution in [3.63, 3.8) is 0 Å². The van der Waals surface area contributed by atoms with Crippen LogP contribution in [0.15, 0.2) is 65.6 Å². The highest BCUT2D eigenvalue weighted by atomic mass is 33.5. The quantitative estimate of drug-likeness (QED) is 0.471. The average molecular weight is 321 g/mol. The molecular weight excluding hydrogens is 304 g/mol. The molecule has 0 spiro atoms. The third kappa shape index (κ3) is 5.57. The predicted molar refractivity (Wildman–Crippen MR) is 94.4 cm³/mol. The van der Waals surface area contributed by atoms with Crippen molar-refractivity contribution in [3.8, 4) is 5.75 Å². The second-order valence-corrected chi connectivity index (χ2v) is 8.11. The van der Waals surface area contributed by atoms with Crippen LogP contribution in [-0.4, -0.2) is 12.9 Å². The van der Waals surface area contributed by atoms with E-state index >= 15 is 0 Å². The largest absolute Gasteiger partial charge is 0.497 e. The summed E-state index contributed by atoms with van der Waals surface area (Å²) >= 11 is 0. The first-order chi connectivity index (χ1) is 9.88. The van der Waals surface area contributed by atoms with Gasteiger partial charge < -0.3 is 4.74 Å². The van der Waals surface area contributed by atoms with Crippen LogP contribution in [0.4, 0.5) is 0 Å². The van der Waals surface area contributed by atoms with Gasteiger partial charge in [0.1, 0.15) is 5.75 Å². The van der Waals surface area contributed by atoms with Crippen LogP contribution in [-0.2, 0) is 0 Å². The van der Waals surface area contributed by atoms with Gasteiger partial charge in [-0.25, -0.2) is 0 Å². The molecule has 0 heterocycles. The fourth-order valence-corrected chi connectivity index (χ4v) is 4.87. The predicted octanol–water partition coefficient (Wildman–Crippen LogP) is 5.80. The zero-order chi connectivity index (χ0) is 14.0. The van der Waals surface area contributed by atoms with Crippen LogP contribution in [0.1, 0.15) is 5.56 Å². The molecule has 4 heteroatoms. The minimum absolute atomic E-state index is 0.901. The SMILES string of the molecule is COc1ccc(SSSC/C=C/c2ccccc2)cc1. The number of benzene rings is 2. The molecule has 0 unspecified atom stereocenters. The van der Waals surface area contributed by atoms with Gasteiger partial charge in [0, 0.05) is 10.6 Å². The van der Waals surface area contributed by atoms with E-state index < -0.39 is 0 Å². The van der Waals surface area contributed by atoms with Crippen LogP contribution >= 0.6 is 31.4 Å². The maximum Gasteiger partial charge on any atom is 0.118 e. The van der Waals surface area contributed by atoms with Crippen molar-refractivity contribution in [2.24, 2.45) is 0 Å². The van der Waals surface area contributed by atoms with Gasteiger partial charge in [0.2, 0.25) is 0 Å². The fraction of sp³-hybridized carbons (Fsp3) is 0.125. The van der Waals surface area contributed by atoms with E-state index in [1.807, 2.05) is 29.0 Å². The molecule has 2 aromatic rings. The highest BCUT2D eigenvalue weighted by Gasteiger charge is 1.96. The second kappa shape index (κ2) is 9.06. The first-order valence-electron chi connectivity index (χ1n) is 6.20. The monoisotopic (exact) mass is 320 g/mol. The molecule has 2 rings (SSSR count). The molecule has 0 aliphatic rings. The zero-order valence-electron chi connectivity index (χ0n) is 11.2. The zero-order valence-corrected chi connectivity index (χ0v) is 13.6. The molecule has 20 heavy (non-hydrogen) atoms. The third-order valence-corrected chi connectivity index (χ3v) is 6.43. The molecule has 104 valence electrons. The lowest BCUT2D eigenvalue weighted by Gasteiger charge is -2.01. The molecule has 0 fully saturated rings. The van der Waals surface area contributed by atoms with Gasteiger partial charge in [-0.3, -0.25) is 0 Å². The molecule has 0 radical (unpaired) electrons. The Bertz CT molecular complexity index is 523. The van der Waals surface area contributed by atoms with E-state index in [2.05, 4.69) is 48.6 Å². The highest BCUT2D eigenvalue weighted by Crippen LogP contribution is 2.40. The summed E-state index contributed by atoms with van der Waals surface area (Å²) < 4.78 is 5.14. The van der Waals surface area contributed by atoms with Crippen LogP contribution in [0.2, 0.25) is 0 Å². The van der Waals surface area contributed by atoms with Gasteiger partial charge in [0.15, 0.2) is 0 Å². The van der Waals surface area contributed by atoms with Gasteiger partial charge in [0.05, 0.1) is 7.11 Å². The average Bonchev–Trinajstić information content (AvgIpc) is 2.52. The van der Waals surface area contributed by atoms with Crippen molar-refractivity contribution in [2.45, 2.75) is 4.90 Å². The summed E-state index contributed by atoms with van der Waals surface area (Å²) in [5.41, 5.74) is 1.25. The van der Waals surface area contributed by atoms with Crippen molar-refractivity contribution in [1.82, 2.24) is 0 Å². The molecule has 2 aromatic carbocycles. The Morgan fingerprint density at radius 3 is 2.45 bits per heavy atom. The van der Waals surface area contributed by atoms with Crippen molar-refractivity contribution < 1.29 is 4.74 Å². The topological polar surface area (TPSA) is 9.23 Å². The van der Waals surface area contributed by atoms with Crippen LogP contribution in [0.3, 0.4) is 0 Å². The second-order valence-electron chi connectivity index (χ2n) is 3.92. The van der Waals surface area contributed by atoms with Crippen molar-refractivity contribution in [2.75, 3.05) is 12.9 Å². The van der Waals surface area contributed by atoms with Gasteiger partial charge in [0.25, 0.3) is 0 Å². The number of ether oxygens (including phenoxy) is 1. The van der Waals surface area contributed by atoms with E-state index in [1.54, 1.807) is 27.7 Å². The number of hydrogen-bond acceptors (Lipinski definition) is 4. The molecule has 0 aliphatic carbocycles. The van der Waals surface area contributed by atoms with Crippen molar-refractivity contribution in [3.05, 3.63) is 66.2 Å². The van der Waals surface area contributed by atoms with Crippen LogP contribution in [0.5, 0.6) is 5.75 Å². The van der Waals surface area contributed by atoms with E-state index in [9.17, 15) is 0 Å². The fourth-order valence-electron chi connectivity index (χ4n) is 1.51. The smallest absolute Gasteiger partial charge is 0.118 e. The Hall–Kier alpha value is -0.970. The standard InChI is InChI=1S/C16H16OS3/c1-17-15-9-11-16(12-10-15)19-20-18-13-5-8-14-6-3-2-4-7-14/h2-12H,13H2,1H3/b8-5+. The molecular formula is C16H16OS3. The Balaban J connectivity index is 1.65. The van der Waals surface area contributed by atoms with E-state index in [0.29, 0.717) is 0 Å². The summed E-state index contributed by atoms with van der Waals surface area (Å²) in [6.45, 7) is 0. The van der Waals surface area contributed by atoms with Crippen LogP contribution < -0.4 is 4.74 Å². The molecule has 0 amide bonds. The Labute approximate surface area is 132 Å². The first kappa shape index (κ1) is 15.4. The van der Waals surface area contributed by atoms with Crippen molar-refractivity contribution >= 4 is 37.5 Å². The van der Waals surface area contributed by atoms with E-state index in [-0.39, 0.29) is 0 Å². The molecule has 0 atom stereocenters. The van der Waals surface area contributed by atoms with Gasteiger partial charge >= 0.3 is 0 Å². The normalized spacial score (nSPS) is 10.8. The van der Waals surface area contributed by atoms with E-state index in [4.69, 9.17) is 4.74 Å². The lowest BCUT2D eigenvalue weighted by molar-refractivity contribution is 0.414. The summed E-state index contributed by atoms with van der Waals surface area (Å²) in [4.78, 5) is 1.25. The summed E-state index contributed by atoms with van der Waals surface area (Å²) in [5.74, 6) is 1.90. The van der Waals surface area contributed by atoms with Crippen molar-refractivity contribution in [1.29, 1.82) is 0 Å². The molecule has 0 N–H and O–H groups in total. The highest BCUT2D eigenvalue weighted by molar-refractivity contribution is 9.09. The Morgan fingerprint density at radius 2 is 1.75 bits per heavy atom. The number of rotatable bonds is 7. The summed E-state index contributed by atoms with van der Waals surface area (Å²) in [6, 6.07) is 18.5. The molecule has 0 aliphatic heterocycles. The Morgan fingerprint density at radius 1 is 1.00 bits per heavy atom. The molecule has 0 bridgehead atoms. The molecule has 0 aromatic heterocycles. The van der Waals surface area contributed by atoms with Gasteiger partial charge in [-0.1, -0.05) is 53.3 Å². The third-order valence-electron chi connectivity index (χ3n) is 2.51. The Kier molecular flexibility index (Phi) is 6.98. The number of methoxy groups -OCH3 is 1. The van der Waals surface area contributed by atoms with Gasteiger partial charge in [-0.2, -0.15) is 0 Å². The van der Waals surface area contributed by atoms with E-state index in [1.165, 1.54) is 10.5 Å². The van der Waals surface area contributed by atoms with Crippen LogP contribution in [0.25, 0.3) is 6.08 Å². The lowest BCUT2D eigenvalue weighted by Crippen LogP contribution is -1.80. The maximum atomic E-state index is 5.14. The molecule has 1 nitrogen and oxygen atoms in total. The molecule has 0 saturated heterocycles. The minimum atomic E-state index is 0.901. The lowest BCUT2D eigenvalue weighted by atomic mass is 10.2. The number of hydrogen-bond donors (Lipinski definition) is 0. The van der Waals surface area contributed by atoms with Gasteiger partial charge in [-0.05, 0) is 50.4 Å².